The van der Waals surface area contributed by atoms with Crippen LogP contribution in [0, 0.1) is 12.7 Å². The number of rotatable bonds is 6. The van der Waals surface area contributed by atoms with Gasteiger partial charge in [0, 0.05) is 29.8 Å². The molecule has 37 heavy (non-hydrogen) atoms. The van der Waals surface area contributed by atoms with Crippen LogP contribution in [0.1, 0.15) is 32.1 Å². The Morgan fingerprint density at radius 1 is 0.892 bits per heavy atom. The second kappa shape index (κ2) is 10.0. The average Bonchev–Trinajstić information content (AvgIpc) is 3.31. The summed E-state index contributed by atoms with van der Waals surface area (Å²) in [5.74, 6) is -0.570. The Kier molecular flexibility index (Phi) is 6.47. The van der Waals surface area contributed by atoms with E-state index in [4.69, 9.17) is 4.42 Å². The fourth-order valence-electron chi connectivity index (χ4n) is 4.06. The van der Waals surface area contributed by atoms with E-state index in [0.717, 1.165) is 16.8 Å². The van der Waals surface area contributed by atoms with Crippen LogP contribution in [-0.4, -0.2) is 28.8 Å². The number of benzene rings is 3. The van der Waals surface area contributed by atoms with Gasteiger partial charge in [-0.25, -0.2) is 4.39 Å². The molecule has 184 valence electrons. The molecule has 0 aliphatic rings. The fraction of sp³-hybridized carbons (Fsp3) is 0.103. The largest absolute Gasteiger partial charge is 0.455 e. The number of aryl methyl sites for hydroxylation is 1. The molecule has 0 aliphatic carbocycles. The monoisotopic (exact) mass is 494 g/mol. The number of amides is 2. The Balaban J connectivity index is 1.47. The summed E-state index contributed by atoms with van der Waals surface area (Å²) in [7, 11) is 1.55. The normalized spacial score (nSPS) is 10.9. The molecule has 0 atom stereocenters. The molecular formula is C29H23FN4O3. The van der Waals surface area contributed by atoms with Gasteiger partial charge < -0.3 is 15.1 Å². The van der Waals surface area contributed by atoms with Crippen molar-refractivity contribution in [1.82, 2.24) is 20.6 Å². The van der Waals surface area contributed by atoms with Crippen molar-refractivity contribution in [2.75, 3.05) is 7.05 Å². The summed E-state index contributed by atoms with van der Waals surface area (Å²) in [6.45, 7) is 2.11. The van der Waals surface area contributed by atoms with E-state index in [1.54, 1.807) is 55.8 Å². The first kappa shape index (κ1) is 23.9. The number of carbonyl (C=O) groups excluding carboxylic acids is 2. The van der Waals surface area contributed by atoms with Crippen molar-refractivity contribution in [3.63, 3.8) is 0 Å². The smallest absolute Gasteiger partial charge is 0.255 e. The van der Waals surface area contributed by atoms with Crippen molar-refractivity contribution in [1.29, 1.82) is 0 Å². The SMILES string of the molecule is CNC(=O)c1c(-c2ccc(F)cc2)oc2ccc(-c3cccc(C(=O)NCc4cnc(C)cn4)c3)cc12. The van der Waals surface area contributed by atoms with Crippen molar-refractivity contribution in [2.24, 2.45) is 0 Å². The Morgan fingerprint density at radius 2 is 1.65 bits per heavy atom. The molecule has 0 bridgehead atoms. The van der Waals surface area contributed by atoms with Crippen molar-refractivity contribution >= 4 is 22.8 Å². The van der Waals surface area contributed by atoms with Crippen LogP contribution in [0.2, 0.25) is 0 Å². The zero-order chi connectivity index (χ0) is 25.9. The standard InChI is InChI=1S/C29H23FN4O3/c1-17-14-33-23(15-32-17)16-34-28(35)21-5-3-4-19(12-21)20-8-11-25-24(13-20)26(29(36)31-2)27(37-25)18-6-9-22(30)10-7-18/h3-15H,16H2,1-2H3,(H,31,36)(H,34,35). The van der Waals surface area contributed by atoms with E-state index >= 15 is 0 Å². The molecule has 0 fully saturated rings. The number of fused-ring (bicyclic) bond motifs is 1. The Labute approximate surface area is 212 Å². The second-order valence-electron chi connectivity index (χ2n) is 8.52. The van der Waals surface area contributed by atoms with E-state index < -0.39 is 0 Å². The molecule has 3 aromatic carbocycles. The van der Waals surface area contributed by atoms with Gasteiger partial charge in [-0.15, -0.1) is 0 Å². The molecule has 0 spiro atoms. The lowest BCUT2D eigenvalue weighted by molar-refractivity contribution is 0.0946. The van der Waals surface area contributed by atoms with Gasteiger partial charge in [-0.05, 0) is 66.6 Å². The Bertz CT molecular complexity index is 1610. The van der Waals surface area contributed by atoms with Gasteiger partial charge in [-0.1, -0.05) is 18.2 Å². The molecule has 2 N–H and O–H groups in total. The first-order valence-corrected chi connectivity index (χ1v) is 11.6. The Hall–Kier alpha value is -4.85. The molecule has 2 heterocycles. The number of aromatic nitrogens is 2. The highest BCUT2D eigenvalue weighted by Gasteiger charge is 2.22. The van der Waals surface area contributed by atoms with E-state index in [1.165, 1.54) is 12.1 Å². The van der Waals surface area contributed by atoms with E-state index in [1.807, 2.05) is 25.1 Å². The number of hydrogen-bond acceptors (Lipinski definition) is 5. The summed E-state index contributed by atoms with van der Waals surface area (Å²) in [6.07, 6.45) is 3.29. The van der Waals surface area contributed by atoms with Crippen LogP contribution in [0.15, 0.2) is 83.5 Å². The van der Waals surface area contributed by atoms with Crippen LogP contribution >= 0.6 is 0 Å². The van der Waals surface area contributed by atoms with Gasteiger partial charge >= 0.3 is 0 Å². The summed E-state index contributed by atoms with van der Waals surface area (Å²) in [6, 6.07) is 18.5. The third-order valence-electron chi connectivity index (χ3n) is 5.97. The maximum atomic E-state index is 13.5. The quantitative estimate of drug-likeness (QED) is 0.334. The summed E-state index contributed by atoms with van der Waals surface area (Å²) >= 11 is 0. The molecule has 5 rings (SSSR count). The molecule has 7 nitrogen and oxygen atoms in total. The predicted molar refractivity (Wildman–Crippen MR) is 138 cm³/mol. The van der Waals surface area contributed by atoms with Crippen molar-refractivity contribution in [2.45, 2.75) is 13.5 Å². The summed E-state index contributed by atoms with van der Waals surface area (Å²) in [5, 5.41) is 6.14. The molecule has 0 radical (unpaired) electrons. The van der Waals surface area contributed by atoms with Crippen LogP contribution in [0.4, 0.5) is 4.39 Å². The molecule has 2 aromatic heterocycles. The topological polar surface area (TPSA) is 97.1 Å². The molecule has 2 amide bonds. The van der Waals surface area contributed by atoms with Gasteiger partial charge in [0.2, 0.25) is 0 Å². The zero-order valence-corrected chi connectivity index (χ0v) is 20.2. The van der Waals surface area contributed by atoms with Crippen LogP contribution < -0.4 is 10.6 Å². The van der Waals surface area contributed by atoms with Crippen LogP contribution in [-0.2, 0) is 6.54 Å². The van der Waals surface area contributed by atoms with Crippen LogP contribution in [0.5, 0.6) is 0 Å². The maximum absolute atomic E-state index is 13.5. The van der Waals surface area contributed by atoms with E-state index in [0.29, 0.717) is 39.1 Å². The van der Waals surface area contributed by atoms with Crippen molar-refractivity contribution in [3.8, 4) is 22.5 Å². The zero-order valence-electron chi connectivity index (χ0n) is 20.2. The first-order valence-electron chi connectivity index (χ1n) is 11.6. The minimum atomic E-state index is -0.376. The van der Waals surface area contributed by atoms with Crippen molar-refractivity contribution in [3.05, 3.63) is 107 Å². The lowest BCUT2D eigenvalue weighted by atomic mass is 9.99. The van der Waals surface area contributed by atoms with Gasteiger partial charge in [0.15, 0.2) is 0 Å². The molecule has 0 saturated carbocycles. The summed E-state index contributed by atoms with van der Waals surface area (Å²) < 4.78 is 19.5. The van der Waals surface area contributed by atoms with Gasteiger partial charge in [-0.3, -0.25) is 19.6 Å². The average molecular weight is 495 g/mol. The predicted octanol–water partition coefficient (Wildman–Crippen LogP) is 5.29. The molecule has 0 saturated heterocycles. The highest BCUT2D eigenvalue weighted by Crippen LogP contribution is 2.36. The number of hydrogen-bond donors (Lipinski definition) is 2. The van der Waals surface area contributed by atoms with Crippen molar-refractivity contribution < 1.29 is 18.4 Å². The van der Waals surface area contributed by atoms with Gasteiger partial charge in [0.1, 0.15) is 17.2 Å². The highest BCUT2D eigenvalue weighted by molar-refractivity contribution is 6.11. The second-order valence-corrected chi connectivity index (χ2v) is 8.52. The molecule has 5 aromatic rings. The lowest BCUT2D eigenvalue weighted by Crippen LogP contribution is -2.23. The minimum absolute atomic E-state index is 0.238. The van der Waals surface area contributed by atoms with E-state index in [2.05, 4.69) is 20.6 Å². The van der Waals surface area contributed by atoms with Gasteiger partial charge in [-0.2, -0.15) is 0 Å². The third kappa shape index (κ3) is 4.95. The van der Waals surface area contributed by atoms with Gasteiger partial charge in [0.05, 0.1) is 29.7 Å². The van der Waals surface area contributed by atoms with E-state index in [9.17, 15) is 14.0 Å². The first-order chi connectivity index (χ1) is 17.9. The number of furan rings is 1. The third-order valence-corrected chi connectivity index (χ3v) is 5.97. The summed E-state index contributed by atoms with van der Waals surface area (Å²) in [5.41, 5.74) is 5.05. The summed E-state index contributed by atoms with van der Waals surface area (Å²) in [4.78, 5) is 34.1. The Morgan fingerprint density at radius 3 is 2.38 bits per heavy atom. The number of carbonyl (C=O) groups is 2. The fourth-order valence-corrected chi connectivity index (χ4v) is 4.06. The number of halogens is 1. The van der Waals surface area contributed by atoms with Crippen LogP contribution in [0.3, 0.4) is 0 Å². The lowest BCUT2D eigenvalue weighted by Gasteiger charge is -2.08. The molecular weight excluding hydrogens is 471 g/mol. The molecule has 0 aliphatic heterocycles. The van der Waals surface area contributed by atoms with E-state index in [-0.39, 0.29) is 24.2 Å². The highest BCUT2D eigenvalue weighted by atomic mass is 19.1. The number of nitrogens with zero attached hydrogens (tertiary/aromatic N) is 2. The van der Waals surface area contributed by atoms with Gasteiger partial charge in [0.25, 0.3) is 11.8 Å². The minimum Gasteiger partial charge on any atom is -0.455 e. The number of nitrogens with one attached hydrogen (secondary N) is 2. The van der Waals surface area contributed by atoms with Crippen LogP contribution in [0.25, 0.3) is 33.4 Å². The molecule has 0 unspecified atom stereocenters. The molecule has 8 heteroatoms. The maximum Gasteiger partial charge on any atom is 0.255 e.